The van der Waals surface area contributed by atoms with E-state index in [0.717, 1.165) is 0 Å². The van der Waals surface area contributed by atoms with E-state index in [1.54, 1.807) is 13.8 Å². The van der Waals surface area contributed by atoms with Gasteiger partial charge in [0.05, 0.1) is 17.8 Å². The first-order chi connectivity index (χ1) is 19.6. The predicted molar refractivity (Wildman–Crippen MR) is 119 cm³/mol. The Morgan fingerprint density at radius 3 is 1.83 bits per heavy atom. The number of hydrogen-bond donors (Lipinski definition) is 0. The van der Waals surface area contributed by atoms with Crippen LogP contribution in [0, 0.1) is 13.8 Å². The molecule has 0 fully saturated rings. The fourth-order valence-corrected chi connectivity index (χ4v) is 3.56. The summed E-state index contributed by atoms with van der Waals surface area (Å²) in [6.45, 7) is 1.84. The Labute approximate surface area is 189 Å². The largest absolute Gasteiger partial charge is 0.458 e. The molecule has 2 aliphatic rings. The van der Waals surface area contributed by atoms with Crippen LogP contribution < -0.4 is 25.9 Å². The first-order valence-corrected chi connectivity index (χ1v) is 8.93. The molecule has 2 nitrogen and oxygen atoms in total. The second kappa shape index (κ2) is 6.02. The molecule has 0 saturated carbocycles. The van der Waals surface area contributed by atoms with Gasteiger partial charge in [0.2, 0.25) is 0 Å². The number of rotatable bonds is 1. The molecule has 0 aliphatic carbocycles. The summed E-state index contributed by atoms with van der Waals surface area (Å²) >= 11 is 0. The Kier molecular flexibility index (Phi) is 1.68. The van der Waals surface area contributed by atoms with E-state index in [1.807, 2.05) is 0 Å². The van der Waals surface area contributed by atoms with Gasteiger partial charge in [-0.25, -0.2) is 0 Å². The smallest absolute Gasteiger partial charge is 0.260 e. The van der Waals surface area contributed by atoms with Crippen molar-refractivity contribution in [2.45, 2.75) is 13.8 Å². The molecular weight excluding hydrogens is 355 g/mol. The number of benzene rings is 4. The summed E-state index contributed by atoms with van der Waals surface area (Å²) in [6.07, 6.45) is 0. The van der Waals surface area contributed by atoms with Crippen molar-refractivity contribution in [2.24, 2.45) is 0 Å². The first-order valence-electron chi connectivity index (χ1n) is 15.4. The van der Waals surface area contributed by atoms with Crippen molar-refractivity contribution < 1.29 is 27.3 Å². The van der Waals surface area contributed by atoms with E-state index in [2.05, 4.69) is 0 Å². The van der Waals surface area contributed by atoms with Crippen LogP contribution in [0.15, 0.2) is 78.6 Å². The molecule has 6 rings (SSSR count). The first kappa shape index (κ1) is 8.12. The molecule has 138 valence electrons. The molecule has 2 heterocycles. The molecule has 0 aromatic heterocycles. The topological polar surface area (TPSA) is 18.5 Å². The summed E-state index contributed by atoms with van der Waals surface area (Å²) in [4.78, 5) is 0. The molecule has 0 atom stereocenters. The highest BCUT2D eigenvalue weighted by Gasteiger charge is 2.40. The standard InChI is InChI=1S/C26H19BO2/c1-16-11-12-18(13-17(16)2)19-14-24-26-25(15-19)29-23-10-6-4-8-21(23)27(26)20-7-3-5-9-22(20)28-24/h3-15H,1-2H3/i3D,4D,5D,6D,7D,8D,9D,10D,11D,12D,13D,14D,15D. The van der Waals surface area contributed by atoms with Gasteiger partial charge in [-0.2, -0.15) is 0 Å². The molecular formula is C26H19BO2. The van der Waals surface area contributed by atoms with E-state index >= 15 is 0 Å². The molecule has 0 N–H and O–H groups in total. The Balaban J connectivity index is 1.83. The summed E-state index contributed by atoms with van der Waals surface area (Å²) in [7, 11) is 0. The van der Waals surface area contributed by atoms with Gasteiger partial charge in [0.15, 0.2) is 0 Å². The Bertz CT molecular complexity index is 1830. The fraction of sp³-hybridized carbons (Fsp3) is 0.0769. The van der Waals surface area contributed by atoms with Crippen molar-refractivity contribution in [1.82, 2.24) is 0 Å². The highest BCUT2D eigenvalue weighted by atomic mass is 16.5. The summed E-state index contributed by atoms with van der Waals surface area (Å²) in [5.41, 5.74) is -0.0825. The third kappa shape index (κ3) is 2.44. The van der Waals surface area contributed by atoms with Gasteiger partial charge in [-0.1, -0.05) is 54.4 Å². The second-order valence-corrected chi connectivity index (χ2v) is 6.82. The van der Waals surface area contributed by atoms with Gasteiger partial charge >= 0.3 is 0 Å². The highest BCUT2D eigenvalue weighted by molar-refractivity contribution is 6.98. The molecule has 0 spiro atoms. The number of hydrogen-bond acceptors (Lipinski definition) is 2. The molecule has 4 aromatic carbocycles. The van der Waals surface area contributed by atoms with Crippen LogP contribution in [0.1, 0.15) is 28.9 Å². The van der Waals surface area contributed by atoms with E-state index in [4.69, 9.17) is 27.3 Å². The zero-order valence-electron chi connectivity index (χ0n) is 28.4. The maximum Gasteiger partial charge on any atom is 0.260 e. The SMILES string of the molecule is [2H]c1c([2H])c([2H])c2c(c1[2H])Oc1c([2H])c(-c3c([2H])c([2H])c(C)c(C)c3[2H])c([2H])c3c1B2c1c([2H])c([2H])c([2H])c([2H])c1O3. The highest BCUT2D eigenvalue weighted by Crippen LogP contribution is 2.38. The second-order valence-electron chi connectivity index (χ2n) is 6.82. The van der Waals surface area contributed by atoms with E-state index in [9.17, 15) is 0 Å². The number of para-hydroxylation sites is 2. The third-order valence-electron chi connectivity index (χ3n) is 5.10. The van der Waals surface area contributed by atoms with E-state index < -0.39 is 73.2 Å². The molecule has 2 aliphatic heterocycles. The van der Waals surface area contributed by atoms with Crippen molar-refractivity contribution in [3.05, 3.63) is 89.7 Å². The summed E-state index contributed by atoms with van der Waals surface area (Å²) < 4.78 is 123. The molecule has 0 amide bonds. The number of fused-ring (bicyclic) bond motifs is 4. The quantitative estimate of drug-likeness (QED) is 0.381. The van der Waals surface area contributed by atoms with Crippen LogP contribution in [0.5, 0.6) is 23.0 Å². The maximum absolute atomic E-state index is 9.12. The molecule has 0 saturated heterocycles. The minimum atomic E-state index is -1.33. The maximum atomic E-state index is 9.12. The van der Waals surface area contributed by atoms with Crippen molar-refractivity contribution in [2.75, 3.05) is 0 Å². The van der Waals surface area contributed by atoms with Crippen LogP contribution in [-0.4, -0.2) is 6.71 Å². The summed E-state index contributed by atoms with van der Waals surface area (Å²) in [6, 6.07) is -6.48. The molecule has 3 heteroatoms. The lowest BCUT2D eigenvalue weighted by atomic mass is 9.35. The molecule has 4 aromatic rings. The van der Waals surface area contributed by atoms with Crippen LogP contribution >= 0.6 is 0 Å². The lowest BCUT2D eigenvalue weighted by molar-refractivity contribution is 0.465. The summed E-state index contributed by atoms with van der Waals surface area (Å²) in [5.74, 6) is -1.33. The number of ether oxygens (including phenoxy) is 2. The van der Waals surface area contributed by atoms with Crippen LogP contribution in [0.25, 0.3) is 11.1 Å². The van der Waals surface area contributed by atoms with Crippen LogP contribution in [-0.2, 0) is 0 Å². The van der Waals surface area contributed by atoms with E-state index in [1.165, 1.54) is 0 Å². The normalized spacial score (nSPS) is 19.2. The average molecular weight is 387 g/mol. The van der Waals surface area contributed by atoms with Crippen LogP contribution in [0.4, 0.5) is 0 Å². The summed E-state index contributed by atoms with van der Waals surface area (Å²) in [5, 5.41) is 0. The van der Waals surface area contributed by atoms with Gasteiger partial charge in [0, 0.05) is 5.46 Å². The Hall–Kier alpha value is -3.46. The van der Waals surface area contributed by atoms with Crippen LogP contribution in [0.3, 0.4) is 0 Å². The van der Waals surface area contributed by atoms with Crippen molar-refractivity contribution in [3.8, 4) is 34.1 Å². The van der Waals surface area contributed by atoms with Gasteiger partial charge in [-0.15, -0.1) is 0 Å². The van der Waals surface area contributed by atoms with Gasteiger partial charge in [0.1, 0.15) is 23.0 Å². The van der Waals surface area contributed by atoms with E-state index in [-0.39, 0.29) is 62.6 Å². The van der Waals surface area contributed by atoms with Crippen molar-refractivity contribution in [3.63, 3.8) is 0 Å². The van der Waals surface area contributed by atoms with Crippen molar-refractivity contribution >= 4 is 23.1 Å². The zero-order chi connectivity index (χ0) is 30.8. The Morgan fingerprint density at radius 2 is 1.21 bits per heavy atom. The fourth-order valence-electron chi connectivity index (χ4n) is 3.56. The van der Waals surface area contributed by atoms with Crippen molar-refractivity contribution in [1.29, 1.82) is 0 Å². The average Bonchev–Trinajstić information content (AvgIpc) is 2.97. The van der Waals surface area contributed by atoms with E-state index in [0.29, 0.717) is 11.1 Å². The van der Waals surface area contributed by atoms with Crippen LogP contribution in [0.2, 0.25) is 0 Å². The zero-order valence-corrected chi connectivity index (χ0v) is 15.4. The molecule has 29 heavy (non-hydrogen) atoms. The molecule has 0 unspecified atom stereocenters. The monoisotopic (exact) mass is 387 g/mol. The molecule has 0 radical (unpaired) electrons. The van der Waals surface area contributed by atoms with Gasteiger partial charge in [0.25, 0.3) is 6.71 Å². The minimum Gasteiger partial charge on any atom is -0.458 e. The predicted octanol–water partition coefficient (Wildman–Crippen LogP) is 4.70. The lowest BCUT2D eigenvalue weighted by Gasteiger charge is -2.33. The molecule has 0 bridgehead atoms. The van der Waals surface area contributed by atoms with Gasteiger partial charge in [-0.05, 0) is 71.2 Å². The minimum absolute atomic E-state index is 0.0446. The Morgan fingerprint density at radius 1 is 0.621 bits per heavy atom. The van der Waals surface area contributed by atoms with Gasteiger partial charge in [-0.3, -0.25) is 0 Å². The third-order valence-corrected chi connectivity index (χ3v) is 5.10. The van der Waals surface area contributed by atoms with Gasteiger partial charge < -0.3 is 9.47 Å². The lowest BCUT2D eigenvalue weighted by Crippen LogP contribution is -2.57.